The number of ether oxygens (including phenoxy) is 2. The summed E-state index contributed by atoms with van der Waals surface area (Å²) < 4.78 is 48.5. The molecule has 30 heavy (non-hydrogen) atoms. The number of carbonyl (C=O) groups is 1. The number of amides is 1. The van der Waals surface area contributed by atoms with E-state index in [9.17, 15) is 18.0 Å². The van der Waals surface area contributed by atoms with Crippen LogP contribution in [0.2, 0.25) is 0 Å². The number of hydrogen-bond acceptors (Lipinski definition) is 4. The van der Waals surface area contributed by atoms with Crippen LogP contribution in [0.1, 0.15) is 28.8 Å². The minimum atomic E-state index is -4.42. The van der Waals surface area contributed by atoms with Crippen LogP contribution in [0.4, 0.5) is 13.2 Å². The first kappa shape index (κ1) is 26.4. The van der Waals surface area contributed by atoms with Gasteiger partial charge in [-0.3, -0.25) is 9.79 Å². The van der Waals surface area contributed by atoms with Gasteiger partial charge in [0.2, 0.25) is 0 Å². The first-order valence-electron chi connectivity index (χ1n) is 9.49. The number of guanidine groups is 1. The van der Waals surface area contributed by atoms with E-state index in [1.54, 1.807) is 7.05 Å². The molecule has 0 saturated carbocycles. The minimum absolute atomic E-state index is 0. The molecule has 1 saturated heterocycles. The van der Waals surface area contributed by atoms with E-state index in [0.717, 1.165) is 43.7 Å². The molecule has 0 aliphatic carbocycles. The largest absolute Gasteiger partial charge is 0.416 e. The highest BCUT2D eigenvalue weighted by Gasteiger charge is 2.30. The highest BCUT2D eigenvalue weighted by atomic mass is 127. The van der Waals surface area contributed by atoms with Gasteiger partial charge in [-0.15, -0.1) is 24.0 Å². The van der Waals surface area contributed by atoms with Gasteiger partial charge in [-0.25, -0.2) is 0 Å². The third kappa shape index (κ3) is 9.47. The van der Waals surface area contributed by atoms with E-state index in [2.05, 4.69) is 20.9 Å². The maximum absolute atomic E-state index is 12.5. The van der Waals surface area contributed by atoms with Gasteiger partial charge in [-0.05, 0) is 37.1 Å². The van der Waals surface area contributed by atoms with E-state index in [1.165, 1.54) is 0 Å². The fourth-order valence-corrected chi connectivity index (χ4v) is 2.66. The molecule has 1 aromatic carbocycles. The molecular formula is C19H28F3IN4O3. The number of rotatable bonds is 9. The minimum Gasteiger partial charge on any atom is -0.379 e. The van der Waals surface area contributed by atoms with Crippen molar-refractivity contribution in [2.75, 3.05) is 46.5 Å². The second kappa shape index (κ2) is 13.7. The molecule has 2 rings (SSSR count). The van der Waals surface area contributed by atoms with E-state index in [0.29, 0.717) is 38.8 Å². The molecule has 1 aliphatic rings. The lowest BCUT2D eigenvalue weighted by atomic mass is 10.1. The lowest BCUT2D eigenvalue weighted by Gasteiger charge is -2.13. The normalized spacial score (nSPS) is 16.7. The third-order valence-electron chi connectivity index (χ3n) is 4.26. The molecule has 1 unspecified atom stereocenters. The van der Waals surface area contributed by atoms with Crippen LogP contribution in [0.3, 0.4) is 0 Å². The third-order valence-corrected chi connectivity index (χ3v) is 4.26. The summed E-state index contributed by atoms with van der Waals surface area (Å²) in [4.78, 5) is 16.1. The maximum atomic E-state index is 12.5. The van der Waals surface area contributed by atoms with Crippen molar-refractivity contribution in [3.05, 3.63) is 35.4 Å². The Morgan fingerprint density at radius 2 is 1.83 bits per heavy atom. The SMILES string of the molecule is CN=C(NCCCOC1CCOC1)NCCNC(=O)c1ccc(C(F)(F)F)cc1.I. The average Bonchev–Trinajstić information content (AvgIpc) is 3.22. The summed E-state index contributed by atoms with van der Waals surface area (Å²) in [6.45, 7) is 3.46. The molecule has 11 heteroatoms. The molecule has 1 fully saturated rings. The Bertz CT molecular complexity index is 666. The van der Waals surface area contributed by atoms with Crippen molar-refractivity contribution in [1.82, 2.24) is 16.0 Å². The van der Waals surface area contributed by atoms with Crippen LogP contribution in [-0.2, 0) is 15.7 Å². The molecule has 0 aromatic heterocycles. The zero-order valence-electron chi connectivity index (χ0n) is 16.8. The summed E-state index contributed by atoms with van der Waals surface area (Å²) >= 11 is 0. The monoisotopic (exact) mass is 544 g/mol. The number of hydrogen-bond donors (Lipinski definition) is 3. The Hall–Kier alpha value is -1.60. The standard InChI is InChI=1S/C19H27F3N4O3.HI/c1-23-18(25-8-2-11-29-16-7-12-28-13-16)26-10-9-24-17(27)14-3-5-15(6-4-14)19(20,21)22;/h3-6,16H,2,7-13H2,1H3,(H,24,27)(H2,23,25,26);1H. The van der Waals surface area contributed by atoms with Gasteiger partial charge in [0, 0.05) is 45.5 Å². The zero-order chi connectivity index (χ0) is 21.1. The molecule has 1 aromatic rings. The lowest BCUT2D eigenvalue weighted by molar-refractivity contribution is -0.137. The number of aliphatic imine (C=N–C) groups is 1. The molecule has 0 spiro atoms. The summed E-state index contributed by atoms with van der Waals surface area (Å²) in [6.07, 6.45) is -2.46. The van der Waals surface area contributed by atoms with Crippen LogP contribution in [0.15, 0.2) is 29.3 Å². The molecule has 170 valence electrons. The van der Waals surface area contributed by atoms with Crippen LogP contribution in [0.5, 0.6) is 0 Å². The highest BCUT2D eigenvalue weighted by Crippen LogP contribution is 2.29. The first-order chi connectivity index (χ1) is 13.9. The Labute approximate surface area is 191 Å². The zero-order valence-corrected chi connectivity index (χ0v) is 19.1. The predicted octanol–water partition coefficient (Wildman–Crippen LogP) is 2.41. The molecule has 0 radical (unpaired) electrons. The van der Waals surface area contributed by atoms with Crippen molar-refractivity contribution in [2.24, 2.45) is 4.99 Å². The van der Waals surface area contributed by atoms with Crippen LogP contribution >= 0.6 is 24.0 Å². The van der Waals surface area contributed by atoms with Crippen LogP contribution in [-0.4, -0.2) is 64.5 Å². The van der Waals surface area contributed by atoms with Crippen molar-refractivity contribution >= 4 is 35.8 Å². The Morgan fingerprint density at radius 1 is 1.17 bits per heavy atom. The molecule has 1 atom stereocenters. The van der Waals surface area contributed by atoms with E-state index >= 15 is 0 Å². The molecule has 7 nitrogen and oxygen atoms in total. The number of nitrogens with zero attached hydrogens (tertiary/aromatic N) is 1. The summed E-state index contributed by atoms with van der Waals surface area (Å²) in [5, 5.41) is 8.84. The molecule has 1 aliphatic heterocycles. The second-order valence-corrected chi connectivity index (χ2v) is 6.47. The van der Waals surface area contributed by atoms with E-state index in [1.807, 2.05) is 0 Å². The van der Waals surface area contributed by atoms with Crippen molar-refractivity contribution in [2.45, 2.75) is 25.1 Å². The van der Waals surface area contributed by atoms with Gasteiger partial charge in [-0.1, -0.05) is 0 Å². The van der Waals surface area contributed by atoms with Gasteiger partial charge in [-0.2, -0.15) is 13.2 Å². The fraction of sp³-hybridized carbons (Fsp3) is 0.579. The predicted molar refractivity (Wildman–Crippen MR) is 118 cm³/mol. The summed E-state index contributed by atoms with van der Waals surface area (Å²) in [5.74, 6) is 0.162. The van der Waals surface area contributed by atoms with Crippen molar-refractivity contribution in [3.8, 4) is 0 Å². The summed E-state index contributed by atoms with van der Waals surface area (Å²) in [6, 6.07) is 4.10. The van der Waals surface area contributed by atoms with E-state index in [-0.39, 0.29) is 35.6 Å². The number of halogens is 4. The average molecular weight is 544 g/mol. The van der Waals surface area contributed by atoms with Gasteiger partial charge in [0.05, 0.1) is 18.3 Å². The van der Waals surface area contributed by atoms with Gasteiger partial charge in [0.1, 0.15) is 0 Å². The summed E-state index contributed by atoms with van der Waals surface area (Å²) in [7, 11) is 1.64. The Balaban J connectivity index is 0.00000450. The van der Waals surface area contributed by atoms with Crippen LogP contribution < -0.4 is 16.0 Å². The van der Waals surface area contributed by atoms with E-state index < -0.39 is 17.6 Å². The topological polar surface area (TPSA) is 84.0 Å². The fourth-order valence-electron chi connectivity index (χ4n) is 2.66. The van der Waals surface area contributed by atoms with Crippen molar-refractivity contribution < 1.29 is 27.4 Å². The Kier molecular flexibility index (Phi) is 12.0. The van der Waals surface area contributed by atoms with Gasteiger partial charge in [0.15, 0.2) is 5.96 Å². The number of benzene rings is 1. The van der Waals surface area contributed by atoms with Gasteiger partial charge >= 0.3 is 6.18 Å². The van der Waals surface area contributed by atoms with Crippen molar-refractivity contribution in [1.29, 1.82) is 0 Å². The number of alkyl halides is 3. The van der Waals surface area contributed by atoms with Crippen LogP contribution in [0, 0.1) is 0 Å². The Morgan fingerprint density at radius 3 is 2.43 bits per heavy atom. The smallest absolute Gasteiger partial charge is 0.379 e. The second-order valence-electron chi connectivity index (χ2n) is 6.47. The first-order valence-corrected chi connectivity index (χ1v) is 9.49. The molecule has 1 amide bonds. The highest BCUT2D eigenvalue weighted by molar-refractivity contribution is 14.0. The van der Waals surface area contributed by atoms with Crippen LogP contribution in [0.25, 0.3) is 0 Å². The maximum Gasteiger partial charge on any atom is 0.416 e. The molecular weight excluding hydrogens is 516 g/mol. The van der Waals surface area contributed by atoms with E-state index in [4.69, 9.17) is 9.47 Å². The summed E-state index contributed by atoms with van der Waals surface area (Å²) in [5.41, 5.74) is -0.610. The lowest BCUT2D eigenvalue weighted by Crippen LogP contribution is -2.42. The van der Waals surface area contributed by atoms with Gasteiger partial charge in [0.25, 0.3) is 5.91 Å². The van der Waals surface area contributed by atoms with Crippen molar-refractivity contribution in [3.63, 3.8) is 0 Å². The molecule has 0 bridgehead atoms. The number of nitrogens with one attached hydrogen (secondary N) is 3. The quantitative estimate of drug-likeness (QED) is 0.193. The van der Waals surface area contributed by atoms with Gasteiger partial charge < -0.3 is 25.4 Å². The molecule has 1 heterocycles. The molecule has 3 N–H and O–H groups in total. The number of carbonyl (C=O) groups excluding carboxylic acids is 1.